The summed E-state index contributed by atoms with van der Waals surface area (Å²) in [6.07, 6.45) is 3.58. The molecule has 3 nitrogen and oxygen atoms in total. The zero-order chi connectivity index (χ0) is 12.5. The molecule has 0 spiro atoms. The number of hydrogen-bond acceptors (Lipinski definition) is 4. The molecule has 17 heavy (non-hydrogen) atoms. The van der Waals surface area contributed by atoms with Gasteiger partial charge in [0, 0.05) is 35.7 Å². The van der Waals surface area contributed by atoms with Gasteiger partial charge < -0.3 is 4.74 Å². The Morgan fingerprint density at radius 3 is 3.00 bits per heavy atom. The number of esters is 1. The van der Waals surface area contributed by atoms with Gasteiger partial charge in [-0.1, -0.05) is 6.92 Å². The van der Waals surface area contributed by atoms with Gasteiger partial charge in [0.15, 0.2) is 5.06 Å². The average molecular weight is 251 g/mol. The molecule has 0 aromatic carbocycles. The van der Waals surface area contributed by atoms with Crippen LogP contribution in [0.3, 0.4) is 0 Å². The van der Waals surface area contributed by atoms with E-state index in [-0.39, 0.29) is 5.97 Å². The van der Waals surface area contributed by atoms with Crippen molar-refractivity contribution < 1.29 is 9.53 Å². The maximum Gasteiger partial charge on any atom is 0.317 e. The van der Waals surface area contributed by atoms with Gasteiger partial charge in [0.05, 0.1) is 5.41 Å². The molecule has 4 heteroatoms. The Morgan fingerprint density at radius 2 is 2.35 bits per heavy atom. The van der Waals surface area contributed by atoms with Crippen LogP contribution in [0.1, 0.15) is 37.6 Å². The fourth-order valence-corrected chi connectivity index (χ4v) is 2.44. The minimum absolute atomic E-state index is 0.157. The molecule has 1 aromatic rings. The lowest BCUT2D eigenvalue weighted by Gasteiger charge is -2.19. The van der Waals surface area contributed by atoms with Crippen LogP contribution in [-0.2, 0) is 11.2 Å². The molecular formula is C13H17NO2S. The molecular weight excluding hydrogens is 234 g/mol. The fourth-order valence-electron chi connectivity index (χ4n) is 1.48. The number of carbonyl (C=O) groups is 1. The maximum absolute atomic E-state index is 11.9. The number of aliphatic imine (C=N–C) groups is 1. The molecule has 1 aliphatic heterocycles. The summed E-state index contributed by atoms with van der Waals surface area (Å²) in [5, 5.41) is 0.690. The van der Waals surface area contributed by atoms with Crippen molar-refractivity contribution in [3.05, 3.63) is 16.5 Å². The number of thiophene rings is 1. The smallest absolute Gasteiger partial charge is 0.317 e. The van der Waals surface area contributed by atoms with Gasteiger partial charge in [0.2, 0.25) is 0 Å². The van der Waals surface area contributed by atoms with E-state index in [2.05, 4.69) is 4.99 Å². The molecule has 0 fully saturated rings. The predicted octanol–water partition coefficient (Wildman–Crippen LogP) is 3.06. The lowest BCUT2D eigenvalue weighted by molar-refractivity contribution is -0.143. The second-order valence-corrected chi connectivity index (χ2v) is 5.96. The van der Waals surface area contributed by atoms with Crippen LogP contribution < -0.4 is 4.74 Å². The first-order chi connectivity index (χ1) is 8.03. The molecule has 1 aromatic heterocycles. The highest BCUT2D eigenvalue weighted by Crippen LogP contribution is 2.32. The second kappa shape index (κ2) is 4.61. The highest BCUT2D eigenvalue weighted by Gasteiger charge is 2.28. The van der Waals surface area contributed by atoms with Crippen molar-refractivity contribution in [3.8, 4) is 5.06 Å². The van der Waals surface area contributed by atoms with E-state index in [1.165, 1.54) is 4.88 Å². The third-order valence-electron chi connectivity index (χ3n) is 3.15. The van der Waals surface area contributed by atoms with Gasteiger partial charge in [0.1, 0.15) is 0 Å². The standard InChI is InChI=1S/C13H17NO2S/c1-4-13(2,3)12(15)16-11-7-9-8-14-6-5-10(9)17-11/h7-8H,4-6H2,1-3H3. The Balaban J connectivity index is 2.12. The molecule has 92 valence electrons. The molecule has 1 aliphatic rings. The van der Waals surface area contributed by atoms with Gasteiger partial charge in [-0.3, -0.25) is 9.79 Å². The van der Waals surface area contributed by atoms with E-state index < -0.39 is 5.41 Å². The van der Waals surface area contributed by atoms with Crippen molar-refractivity contribution in [3.63, 3.8) is 0 Å². The highest BCUT2D eigenvalue weighted by molar-refractivity contribution is 7.14. The molecule has 0 N–H and O–H groups in total. The molecule has 0 unspecified atom stereocenters. The van der Waals surface area contributed by atoms with Crippen molar-refractivity contribution >= 4 is 23.5 Å². The van der Waals surface area contributed by atoms with Gasteiger partial charge in [-0.25, -0.2) is 0 Å². The van der Waals surface area contributed by atoms with Crippen LogP contribution in [0.5, 0.6) is 5.06 Å². The molecule has 2 heterocycles. The van der Waals surface area contributed by atoms with Crippen LogP contribution in [-0.4, -0.2) is 18.7 Å². The minimum Gasteiger partial charge on any atom is -0.415 e. The summed E-state index contributed by atoms with van der Waals surface area (Å²) in [7, 11) is 0. The Kier molecular flexibility index (Phi) is 3.33. The molecule has 0 saturated carbocycles. The zero-order valence-electron chi connectivity index (χ0n) is 10.4. The molecule has 0 saturated heterocycles. The molecule has 0 aliphatic carbocycles. The Morgan fingerprint density at radius 1 is 1.59 bits per heavy atom. The Bertz CT molecular complexity index is 460. The van der Waals surface area contributed by atoms with E-state index >= 15 is 0 Å². The van der Waals surface area contributed by atoms with E-state index in [0.717, 1.165) is 24.9 Å². The topological polar surface area (TPSA) is 38.7 Å². The third kappa shape index (κ3) is 2.57. The molecule has 0 atom stereocenters. The highest BCUT2D eigenvalue weighted by atomic mass is 32.1. The van der Waals surface area contributed by atoms with Crippen molar-refractivity contribution in [2.45, 2.75) is 33.6 Å². The molecule has 0 radical (unpaired) electrons. The van der Waals surface area contributed by atoms with E-state index in [1.54, 1.807) is 11.3 Å². The van der Waals surface area contributed by atoms with Crippen molar-refractivity contribution in [1.29, 1.82) is 0 Å². The normalized spacial score (nSPS) is 14.5. The number of nitrogens with zero attached hydrogens (tertiary/aromatic N) is 1. The summed E-state index contributed by atoms with van der Waals surface area (Å²) in [6.45, 7) is 6.64. The van der Waals surface area contributed by atoms with E-state index in [1.807, 2.05) is 33.1 Å². The molecule has 0 amide bonds. The van der Waals surface area contributed by atoms with Crippen LogP contribution >= 0.6 is 11.3 Å². The summed E-state index contributed by atoms with van der Waals surface area (Å²) >= 11 is 1.56. The predicted molar refractivity (Wildman–Crippen MR) is 70.2 cm³/mol. The fraction of sp³-hybridized carbons (Fsp3) is 0.538. The van der Waals surface area contributed by atoms with E-state index in [4.69, 9.17) is 4.74 Å². The van der Waals surface area contributed by atoms with E-state index in [9.17, 15) is 4.79 Å². The Labute approximate surface area is 106 Å². The summed E-state index contributed by atoms with van der Waals surface area (Å²) in [5.41, 5.74) is 0.678. The lowest BCUT2D eigenvalue weighted by atomic mass is 9.91. The largest absolute Gasteiger partial charge is 0.415 e. The van der Waals surface area contributed by atoms with Crippen molar-refractivity contribution in [2.24, 2.45) is 10.4 Å². The van der Waals surface area contributed by atoms with Crippen molar-refractivity contribution in [2.75, 3.05) is 6.54 Å². The maximum atomic E-state index is 11.9. The number of hydrogen-bond donors (Lipinski definition) is 0. The number of fused-ring (bicyclic) bond motifs is 1. The van der Waals surface area contributed by atoms with Crippen LogP contribution in [0.15, 0.2) is 11.1 Å². The number of carbonyl (C=O) groups excluding carboxylic acids is 1. The monoisotopic (exact) mass is 251 g/mol. The SMILES string of the molecule is CCC(C)(C)C(=O)Oc1cc2c(s1)CCN=C2. The van der Waals surface area contributed by atoms with Crippen molar-refractivity contribution in [1.82, 2.24) is 0 Å². The number of rotatable bonds is 3. The minimum atomic E-state index is -0.418. The summed E-state index contributed by atoms with van der Waals surface area (Å²) in [4.78, 5) is 17.4. The Hall–Kier alpha value is -1.16. The van der Waals surface area contributed by atoms with E-state index in [0.29, 0.717) is 5.06 Å². The first-order valence-electron chi connectivity index (χ1n) is 5.88. The van der Waals surface area contributed by atoms with Crippen LogP contribution in [0.25, 0.3) is 0 Å². The quantitative estimate of drug-likeness (QED) is 0.774. The second-order valence-electron chi connectivity index (χ2n) is 4.86. The molecule has 0 bridgehead atoms. The first kappa shape index (κ1) is 12.3. The van der Waals surface area contributed by atoms with Gasteiger partial charge in [0.25, 0.3) is 0 Å². The third-order valence-corrected chi connectivity index (χ3v) is 4.24. The summed E-state index contributed by atoms with van der Waals surface area (Å²) in [5.74, 6) is -0.157. The zero-order valence-corrected chi connectivity index (χ0v) is 11.3. The average Bonchev–Trinajstić information content (AvgIpc) is 2.70. The van der Waals surface area contributed by atoms with Crippen LogP contribution in [0.4, 0.5) is 0 Å². The van der Waals surface area contributed by atoms with Gasteiger partial charge >= 0.3 is 5.97 Å². The van der Waals surface area contributed by atoms with Gasteiger partial charge in [-0.2, -0.15) is 0 Å². The first-order valence-corrected chi connectivity index (χ1v) is 6.69. The number of ether oxygens (including phenoxy) is 1. The van der Waals surface area contributed by atoms with Crippen LogP contribution in [0.2, 0.25) is 0 Å². The van der Waals surface area contributed by atoms with Gasteiger partial charge in [-0.15, -0.1) is 11.3 Å². The molecule has 2 rings (SSSR count). The summed E-state index contributed by atoms with van der Waals surface area (Å²) < 4.78 is 5.44. The summed E-state index contributed by atoms with van der Waals surface area (Å²) in [6, 6.07) is 1.91. The lowest BCUT2D eigenvalue weighted by Crippen LogP contribution is -2.27. The van der Waals surface area contributed by atoms with Gasteiger partial charge in [-0.05, 0) is 20.3 Å². The van der Waals surface area contributed by atoms with Crippen LogP contribution in [0, 0.1) is 5.41 Å².